The van der Waals surface area contributed by atoms with Crippen LogP contribution < -0.4 is 10.6 Å². The number of aromatic amines is 1. The van der Waals surface area contributed by atoms with E-state index in [0.29, 0.717) is 6.54 Å². The van der Waals surface area contributed by atoms with Gasteiger partial charge in [-0.25, -0.2) is 0 Å². The van der Waals surface area contributed by atoms with Crippen molar-refractivity contribution in [2.75, 3.05) is 38.1 Å². The number of H-pyrrole nitrogens is 1. The van der Waals surface area contributed by atoms with Crippen LogP contribution in [0.15, 0.2) is 18.3 Å². The Labute approximate surface area is 108 Å². The number of hydrogen-bond acceptors (Lipinski definition) is 3. The van der Waals surface area contributed by atoms with Crippen molar-refractivity contribution in [3.63, 3.8) is 0 Å². The number of anilines is 1. The highest BCUT2D eigenvalue weighted by Gasteiger charge is 2.27. The molecule has 1 aromatic heterocycles. The summed E-state index contributed by atoms with van der Waals surface area (Å²) in [4.78, 5) is 19.4. The maximum Gasteiger partial charge on any atom is 0.231 e. The molecular formula is C13H22N4O. The molecule has 0 radical (unpaired) electrons. The maximum atomic E-state index is 12.3. The van der Waals surface area contributed by atoms with Gasteiger partial charge in [-0.05, 0) is 38.1 Å². The lowest BCUT2D eigenvalue weighted by atomic mass is 9.95. The summed E-state index contributed by atoms with van der Waals surface area (Å²) < 4.78 is 0. The van der Waals surface area contributed by atoms with Gasteiger partial charge in [-0.2, -0.15) is 0 Å². The lowest BCUT2D eigenvalue weighted by Gasteiger charge is -2.32. The first-order chi connectivity index (χ1) is 8.72. The molecule has 5 nitrogen and oxygen atoms in total. The van der Waals surface area contributed by atoms with Crippen LogP contribution in [0.5, 0.6) is 0 Å². The molecule has 3 N–H and O–H groups in total. The lowest BCUT2D eigenvalue weighted by Crippen LogP contribution is -2.42. The predicted molar refractivity (Wildman–Crippen MR) is 72.4 cm³/mol. The Kier molecular flexibility index (Phi) is 4.38. The van der Waals surface area contributed by atoms with E-state index < -0.39 is 0 Å². The zero-order valence-electron chi connectivity index (χ0n) is 10.9. The highest BCUT2D eigenvalue weighted by atomic mass is 16.2. The van der Waals surface area contributed by atoms with Crippen LogP contribution in [0.25, 0.3) is 0 Å². The molecule has 0 saturated carbocycles. The van der Waals surface area contributed by atoms with Gasteiger partial charge in [0.1, 0.15) is 5.82 Å². The fourth-order valence-corrected chi connectivity index (χ4v) is 2.51. The highest BCUT2D eigenvalue weighted by molar-refractivity contribution is 5.93. The third kappa shape index (κ3) is 2.91. The van der Waals surface area contributed by atoms with Crippen molar-refractivity contribution in [1.29, 1.82) is 0 Å². The van der Waals surface area contributed by atoms with Crippen molar-refractivity contribution in [2.24, 2.45) is 11.7 Å². The second-order valence-electron chi connectivity index (χ2n) is 4.86. The summed E-state index contributed by atoms with van der Waals surface area (Å²) in [6.45, 7) is 3.59. The van der Waals surface area contributed by atoms with Gasteiger partial charge in [0.2, 0.25) is 5.91 Å². The number of carbonyl (C=O) groups is 1. The first-order valence-corrected chi connectivity index (χ1v) is 6.55. The number of aromatic nitrogens is 1. The molecule has 1 aliphatic heterocycles. The predicted octanol–water partition coefficient (Wildman–Crippen LogP) is 0.648. The Bertz CT molecular complexity index is 368. The molecule has 1 saturated heterocycles. The largest absolute Gasteiger partial charge is 0.348 e. The number of rotatable bonds is 4. The van der Waals surface area contributed by atoms with Crippen LogP contribution in [0.1, 0.15) is 12.8 Å². The Morgan fingerprint density at radius 2 is 2.28 bits per heavy atom. The van der Waals surface area contributed by atoms with Gasteiger partial charge in [0, 0.05) is 32.3 Å². The summed E-state index contributed by atoms with van der Waals surface area (Å²) in [6.07, 6.45) is 3.71. The zero-order valence-corrected chi connectivity index (χ0v) is 10.9. The van der Waals surface area contributed by atoms with Crippen LogP contribution in [0.2, 0.25) is 0 Å². The average Bonchev–Trinajstić information content (AvgIpc) is 2.92. The molecule has 2 rings (SSSR count). The number of nitrogens with one attached hydrogen (secondary N) is 1. The maximum absolute atomic E-state index is 12.3. The summed E-state index contributed by atoms with van der Waals surface area (Å²) in [5.41, 5.74) is 5.55. The summed E-state index contributed by atoms with van der Waals surface area (Å²) in [5.74, 6) is 1.22. The topological polar surface area (TPSA) is 65.4 Å². The summed E-state index contributed by atoms with van der Waals surface area (Å²) in [6, 6.07) is 3.82. The second-order valence-corrected chi connectivity index (χ2v) is 4.86. The number of nitrogens with zero attached hydrogens (tertiary/aromatic N) is 2. The number of piperidine rings is 1. The van der Waals surface area contributed by atoms with Gasteiger partial charge < -0.3 is 20.5 Å². The van der Waals surface area contributed by atoms with Crippen molar-refractivity contribution in [3.8, 4) is 0 Å². The van der Waals surface area contributed by atoms with Crippen LogP contribution in [-0.4, -0.2) is 49.0 Å². The number of nitrogens with two attached hydrogens (primary N) is 1. The molecule has 18 heavy (non-hydrogen) atoms. The average molecular weight is 250 g/mol. The molecule has 1 fully saturated rings. The van der Waals surface area contributed by atoms with Gasteiger partial charge in [-0.1, -0.05) is 0 Å². The molecule has 1 aliphatic rings. The van der Waals surface area contributed by atoms with Gasteiger partial charge >= 0.3 is 0 Å². The van der Waals surface area contributed by atoms with Gasteiger partial charge in [-0.15, -0.1) is 0 Å². The Hall–Kier alpha value is -1.33. The van der Waals surface area contributed by atoms with E-state index in [9.17, 15) is 4.79 Å². The van der Waals surface area contributed by atoms with Crippen molar-refractivity contribution in [1.82, 2.24) is 9.88 Å². The normalized spacial score (nSPS) is 17.9. The molecule has 2 heterocycles. The molecule has 0 unspecified atom stereocenters. The van der Waals surface area contributed by atoms with E-state index >= 15 is 0 Å². The van der Waals surface area contributed by atoms with Gasteiger partial charge in [0.25, 0.3) is 0 Å². The minimum Gasteiger partial charge on any atom is -0.348 e. The van der Waals surface area contributed by atoms with Crippen LogP contribution in [0.3, 0.4) is 0 Å². The third-order valence-corrected chi connectivity index (χ3v) is 3.66. The summed E-state index contributed by atoms with van der Waals surface area (Å²) in [7, 11) is 1.83. The van der Waals surface area contributed by atoms with E-state index in [-0.39, 0.29) is 11.8 Å². The molecule has 0 atom stereocenters. The third-order valence-electron chi connectivity index (χ3n) is 3.66. The van der Waals surface area contributed by atoms with E-state index in [4.69, 9.17) is 5.73 Å². The minimum atomic E-state index is 0.146. The molecule has 1 aromatic rings. The standard InChI is InChI=1S/C13H22N4O/c1-16(12-3-2-7-15-12)13(18)11-4-8-17(9-5-11)10-6-14/h2-3,7,11,15H,4-6,8-10,14H2,1H3. The minimum absolute atomic E-state index is 0.146. The molecule has 0 bridgehead atoms. The van der Waals surface area contributed by atoms with Gasteiger partial charge in [0.15, 0.2) is 0 Å². The van der Waals surface area contributed by atoms with Crippen LogP contribution in [-0.2, 0) is 4.79 Å². The Morgan fingerprint density at radius 3 is 2.83 bits per heavy atom. The SMILES string of the molecule is CN(C(=O)C1CCN(CCN)CC1)c1ccc[nH]1. The van der Waals surface area contributed by atoms with Gasteiger partial charge in [0.05, 0.1) is 0 Å². The monoisotopic (exact) mass is 250 g/mol. The molecule has 100 valence electrons. The van der Waals surface area contributed by atoms with Crippen LogP contribution >= 0.6 is 0 Å². The van der Waals surface area contributed by atoms with E-state index in [1.54, 1.807) is 4.90 Å². The van der Waals surface area contributed by atoms with Crippen molar-refractivity contribution < 1.29 is 4.79 Å². The van der Waals surface area contributed by atoms with Crippen molar-refractivity contribution in [3.05, 3.63) is 18.3 Å². The first kappa shape index (κ1) is 13.1. The van der Waals surface area contributed by atoms with Crippen LogP contribution in [0, 0.1) is 5.92 Å². The fourth-order valence-electron chi connectivity index (χ4n) is 2.51. The quantitative estimate of drug-likeness (QED) is 0.824. The van der Waals surface area contributed by atoms with E-state index in [1.165, 1.54) is 0 Å². The van der Waals surface area contributed by atoms with E-state index in [1.807, 2.05) is 25.4 Å². The second kappa shape index (κ2) is 6.02. The molecule has 0 aromatic carbocycles. The Morgan fingerprint density at radius 1 is 1.56 bits per heavy atom. The fraction of sp³-hybridized carbons (Fsp3) is 0.615. The molecular weight excluding hydrogens is 228 g/mol. The zero-order chi connectivity index (χ0) is 13.0. The Balaban J connectivity index is 1.87. The number of carbonyl (C=O) groups excluding carboxylic acids is 1. The molecule has 0 spiro atoms. The van der Waals surface area contributed by atoms with Gasteiger partial charge in [-0.3, -0.25) is 4.79 Å². The molecule has 5 heteroatoms. The van der Waals surface area contributed by atoms with Crippen molar-refractivity contribution >= 4 is 11.7 Å². The summed E-state index contributed by atoms with van der Waals surface area (Å²) >= 11 is 0. The number of likely N-dealkylation sites (tertiary alicyclic amines) is 1. The van der Waals surface area contributed by atoms with Crippen LogP contribution in [0.4, 0.5) is 5.82 Å². The smallest absolute Gasteiger partial charge is 0.231 e. The highest BCUT2D eigenvalue weighted by Crippen LogP contribution is 2.21. The summed E-state index contributed by atoms with van der Waals surface area (Å²) in [5, 5.41) is 0. The molecule has 1 amide bonds. The van der Waals surface area contributed by atoms with E-state index in [2.05, 4.69) is 9.88 Å². The number of hydrogen-bond donors (Lipinski definition) is 2. The number of amides is 1. The molecule has 0 aliphatic carbocycles. The first-order valence-electron chi connectivity index (χ1n) is 6.55. The van der Waals surface area contributed by atoms with E-state index in [0.717, 1.165) is 38.3 Å². The lowest BCUT2D eigenvalue weighted by molar-refractivity contribution is -0.123. The van der Waals surface area contributed by atoms with Crippen molar-refractivity contribution in [2.45, 2.75) is 12.8 Å².